The van der Waals surface area contributed by atoms with Gasteiger partial charge in [0.1, 0.15) is 6.17 Å². The number of likely N-dealkylation sites (N-methyl/N-ethyl adjacent to an activating group) is 1. The van der Waals surface area contributed by atoms with Crippen LogP contribution in [0.3, 0.4) is 0 Å². The topological polar surface area (TPSA) is 125 Å². The van der Waals surface area contributed by atoms with Crippen LogP contribution in [0, 0.1) is 5.92 Å². The number of amides is 3. The fourth-order valence-corrected chi connectivity index (χ4v) is 5.51. The molecule has 0 spiro atoms. The first-order valence-corrected chi connectivity index (χ1v) is 13.4. The molecule has 14 heteroatoms. The van der Waals surface area contributed by atoms with Crippen LogP contribution in [0.25, 0.3) is 0 Å². The van der Waals surface area contributed by atoms with Gasteiger partial charge in [-0.1, -0.05) is 18.3 Å². The van der Waals surface area contributed by atoms with E-state index in [1.165, 1.54) is 28.5 Å². The van der Waals surface area contributed by atoms with Gasteiger partial charge in [0, 0.05) is 58.3 Å². The number of carbonyl (C=O) groups excluding carboxylic acids is 2. The quantitative estimate of drug-likeness (QED) is 0.535. The molecule has 2 saturated heterocycles. The Morgan fingerprint density at radius 2 is 2.08 bits per heavy atom. The maximum absolute atomic E-state index is 14.9. The molecule has 2 fully saturated rings. The molecular weight excluding hydrogens is 515 g/mol. The minimum Gasteiger partial charge on any atom is -0.391 e. The van der Waals surface area contributed by atoms with Gasteiger partial charge in [-0.3, -0.25) is 5.32 Å². The first-order valence-electron chi connectivity index (χ1n) is 12.6. The zero-order valence-corrected chi connectivity index (χ0v) is 22.9. The molecule has 0 bridgehead atoms. The number of carbonyl (C=O) groups is 2. The average Bonchev–Trinajstić information content (AvgIpc) is 3.32. The third-order valence-electron chi connectivity index (χ3n) is 6.88. The summed E-state index contributed by atoms with van der Waals surface area (Å²) in [5.41, 5.74) is 0. The van der Waals surface area contributed by atoms with Gasteiger partial charge in [-0.2, -0.15) is 4.98 Å². The number of thiazole rings is 1. The summed E-state index contributed by atoms with van der Waals surface area (Å²) in [7, 11) is 5.20. The van der Waals surface area contributed by atoms with Crippen molar-refractivity contribution in [1.29, 1.82) is 0 Å². The average molecular weight is 551 g/mol. The Balaban J connectivity index is 1.35. The van der Waals surface area contributed by atoms with Crippen LogP contribution < -0.4 is 20.3 Å². The van der Waals surface area contributed by atoms with Crippen LogP contribution in [0.2, 0.25) is 0 Å². The van der Waals surface area contributed by atoms with Crippen molar-refractivity contribution in [3.05, 3.63) is 23.3 Å². The number of likely N-dealkylation sites (tertiary alicyclic amines) is 1. The van der Waals surface area contributed by atoms with E-state index in [0.29, 0.717) is 30.1 Å². The van der Waals surface area contributed by atoms with Crippen molar-refractivity contribution in [2.24, 2.45) is 5.92 Å². The molecule has 0 aliphatic carbocycles. The Morgan fingerprint density at radius 3 is 2.84 bits per heavy atom. The third-order valence-corrected chi connectivity index (χ3v) is 7.77. The maximum Gasteiger partial charge on any atom is 0.414 e. The normalized spacial score (nSPS) is 24.1. The lowest BCUT2D eigenvalue weighted by atomic mass is 9.94. The number of hydrogen-bond acceptors (Lipinski definition) is 10. The van der Waals surface area contributed by atoms with Gasteiger partial charge in [0.15, 0.2) is 5.13 Å². The smallest absolute Gasteiger partial charge is 0.391 e. The lowest BCUT2D eigenvalue weighted by Gasteiger charge is -2.39. The molecule has 0 radical (unpaired) electrons. The van der Waals surface area contributed by atoms with Crippen molar-refractivity contribution < 1.29 is 23.5 Å². The van der Waals surface area contributed by atoms with Crippen molar-refractivity contribution >= 4 is 34.5 Å². The van der Waals surface area contributed by atoms with Crippen LogP contribution in [-0.4, -0.2) is 103 Å². The van der Waals surface area contributed by atoms with Gasteiger partial charge in [-0.25, -0.2) is 23.9 Å². The van der Waals surface area contributed by atoms with Gasteiger partial charge in [0.25, 0.3) is 0 Å². The molecule has 2 aromatic heterocycles. The second-order valence-electron chi connectivity index (χ2n) is 9.79. The number of urea groups is 1. The van der Waals surface area contributed by atoms with E-state index in [1.54, 1.807) is 25.3 Å². The molecule has 0 saturated carbocycles. The standard InChI is InChI=1S/C24H35FN8O4S/c1-15-12-31(2)9-7-18(15)28-24(35)37-20-5-8-26-21(29-20)33-10-6-17(25)19(13-33)32(3)23(34)30-22-27-11-16(38-22)14-36-4/h5,8,11,15,17-19H,6-7,9-10,12-14H2,1-4H3,(H,28,35)(H,27,30,34)/t15-,17+,18+,19-/m0/s1. The highest BCUT2D eigenvalue weighted by molar-refractivity contribution is 7.15. The fourth-order valence-electron chi connectivity index (χ4n) is 4.74. The highest BCUT2D eigenvalue weighted by atomic mass is 32.1. The maximum atomic E-state index is 14.9. The fraction of sp³-hybridized carbons (Fsp3) is 0.625. The summed E-state index contributed by atoms with van der Waals surface area (Å²) in [5.74, 6) is 0.713. The Labute approximate surface area is 225 Å². The van der Waals surface area contributed by atoms with Gasteiger partial charge in [0.2, 0.25) is 11.8 Å². The molecule has 4 rings (SSSR count). The number of methoxy groups -OCH3 is 1. The van der Waals surface area contributed by atoms with E-state index in [2.05, 4.69) is 44.5 Å². The van der Waals surface area contributed by atoms with E-state index in [9.17, 15) is 14.0 Å². The minimum absolute atomic E-state index is 0.0296. The molecule has 38 heavy (non-hydrogen) atoms. The summed E-state index contributed by atoms with van der Waals surface area (Å²) < 4.78 is 25.4. The van der Waals surface area contributed by atoms with E-state index in [1.807, 2.05) is 0 Å². The Kier molecular flexibility index (Phi) is 9.28. The Morgan fingerprint density at radius 1 is 1.26 bits per heavy atom. The predicted molar refractivity (Wildman–Crippen MR) is 141 cm³/mol. The van der Waals surface area contributed by atoms with E-state index in [4.69, 9.17) is 9.47 Å². The molecule has 2 N–H and O–H groups in total. The van der Waals surface area contributed by atoms with E-state index >= 15 is 0 Å². The molecule has 4 heterocycles. The number of rotatable bonds is 7. The van der Waals surface area contributed by atoms with Crippen molar-refractivity contribution in [3.8, 4) is 5.88 Å². The van der Waals surface area contributed by atoms with E-state index in [-0.39, 0.29) is 24.9 Å². The van der Waals surface area contributed by atoms with Crippen LogP contribution in [0.1, 0.15) is 24.6 Å². The molecule has 2 aliphatic rings. The predicted octanol–water partition coefficient (Wildman–Crippen LogP) is 2.59. The number of nitrogens with zero attached hydrogens (tertiary/aromatic N) is 6. The lowest BCUT2D eigenvalue weighted by molar-refractivity contribution is 0.133. The molecule has 0 unspecified atom stereocenters. The van der Waals surface area contributed by atoms with Gasteiger partial charge < -0.3 is 29.5 Å². The molecule has 0 aromatic carbocycles. The summed E-state index contributed by atoms with van der Waals surface area (Å²) in [4.78, 5) is 44.4. The van der Waals surface area contributed by atoms with Gasteiger partial charge in [0.05, 0.1) is 17.5 Å². The van der Waals surface area contributed by atoms with Gasteiger partial charge in [-0.05, 0) is 32.4 Å². The summed E-state index contributed by atoms with van der Waals surface area (Å²) in [6.45, 7) is 4.85. The summed E-state index contributed by atoms with van der Waals surface area (Å²) in [6, 6.07) is 0.341. The number of ether oxygens (including phenoxy) is 2. The van der Waals surface area contributed by atoms with Crippen molar-refractivity contribution in [1.82, 2.24) is 30.1 Å². The molecular formula is C24H35FN8O4S. The van der Waals surface area contributed by atoms with Crippen molar-refractivity contribution in [3.63, 3.8) is 0 Å². The van der Waals surface area contributed by atoms with Gasteiger partial charge in [-0.15, -0.1) is 0 Å². The Bertz CT molecular complexity index is 1110. The number of halogens is 1. The van der Waals surface area contributed by atoms with Crippen LogP contribution in [0.15, 0.2) is 18.5 Å². The molecule has 3 amide bonds. The minimum atomic E-state index is -1.22. The van der Waals surface area contributed by atoms with Crippen molar-refractivity contribution in [2.75, 3.05) is 57.6 Å². The lowest BCUT2D eigenvalue weighted by Crippen LogP contribution is -2.55. The number of alkyl halides is 1. The number of piperidine rings is 2. The van der Waals surface area contributed by atoms with Crippen LogP contribution in [0.5, 0.6) is 5.88 Å². The zero-order chi connectivity index (χ0) is 27.2. The first kappa shape index (κ1) is 27.9. The largest absolute Gasteiger partial charge is 0.414 e. The monoisotopic (exact) mass is 550 g/mol. The van der Waals surface area contributed by atoms with Crippen LogP contribution >= 0.6 is 11.3 Å². The SMILES string of the molecule is COCc1cnc(NC(=O)N(C)[C@H]2CN(c3nccc(OC(=O)N[C@@H]4CCN(C)C[C@@H]4C)n3)CC[C@H]2F)s1. The summed E-state index contributed by atoms with van der Waals surface area (Å²) in [5, 5.41) is 6.06. The second-order valence-corrected chi connectivity index (χ2v) is 10.9. The van der Waals surface area contributed by atoms with Crippen molar-refractivity contribution in [2.45, 2.75) is 44.6 Å². The van der Waals surface area contributed by atoms with Crippen LogP contribution in [0.4, 0.5) is 25.1 Å². The number of hydrogen-bond donors (Lipinski definition) is 2. The van der Waals surface area contributed by atoms with Gasteiger partial charge >= 0.3 is 12.1 Å². The number of anilines is 2. The first-order chi connectivity index (χ1) is 18.2. The highest BCUT2D eigenvalue weighted by Crippen LogP contribution is 2.25. The van der Waals surface area contributed by atoms with Crippen LogP contribution in [-0.2, 0) is 11.3 Å². The Hall–Kier alpha value is -3.10. The van der Waals surface area contributed by atoms with E-state index in [0.717, 1.165) is 24.4 Å². The highest BCUT2D eigenvalue weighted by Gasteiger charge is 2.35. The van der Waals surface area contributed by atoms with E-state index < -0.39 is 24.3 Å². The molecule has 4 atom stereocenters. The second kappa shape index (κ2) is 12.6. The molecule has 12 nitrogen and oxygen atoms in total. The molecule has 2 aliphatic heterocycles. The number of nitrogens with one attached hydrogen (secondary N) is 2. The third kappa shape index (κ3) is 7.05. The molecule has 208 valence electrons. The summed E-state index contributed by atoms with van der Waals surface area (Å²) in [6.07, 6.45) is 2.38. The zero-order valence-electron chi connectivity index (χ0n) is 22.1. The molecule has 2 aromatic rings. The number of aromatic nitrogens is 3. The summed E-state index contributed by atoms with van der Waals surface area (Å²) >= 11 is 1.30.